The van der Waals surface area contributed by atoms with Crippen LogP contribution in [-0.2, 0) is 9.53 Å². The van der Waals surface area contributed by atoms with Crippen LogP contribution in [0, 0.1) is 5.82 Å². The first kappa shape index (κ1) is 16.8. The van der Waals surface area contributed by atoms with E-state index < -0.39 is 23.3 Å². The van der Waals surface area contributed by atoms with Crippen LogP contribution >= 0.6 is 0 Å². The molecule has 0 aromatic heterocycles. The zero-order valence-electron chi connectivity index (χ0n) is 12.1. The minimum Gasteiger partial charge on any atom is -0.478 e. The van der Waals surface area contributed by atoms with Crippen molar-refractivity contribution >= 4 is 18.0 Å². The highest BCUT2D eigenvalue weighted by Gasteiger charge is 2.19. The third kappa shape index (κ3) is 5.35. The molecule has 0 saturated carbocycles. The van der Waals surface area contributed by atoms with E-state index in [9.17, 15) is 14.0 Å². The first-order chi connectivity index (χ1) is 9.75. The minimum absolute atomic E-state index is 0.144. The normalized spacial score (nSPS) is 11.6. The summed E-state index contributed by atoms with van der Waals surface area (Å²) in [5.41, 5.74) is -0.281. The number of hydrogen-bond acceptors (Lipinski definition) is 3. The number of carbonyl (C=O) groups excluding carboxylic acids is 1. The molecule has 0 saturated heterocycles. The Balaban J connectivity index is 2.88. The quantitative estimate of drug-likeness (QED) is 0.788. The Kier molecular flexibility index (Phi) is 5.60. The second-order valence-electron chi connectivity index (χ2n) is 5.06. The molecule has 21 heavy (non-hydrogen) atoms. The molecule has 1 amide bonds. The summed E-state index contributed by atoms with van der Waals surface area (Å²) in [4.78, 5) is 22.4. The van der Waals surface area contributed by atoms with Crippen molar-refractivity contribution in [3.05, 3.63) is 41.2 Å². The van der Waals surface area contributed by atoms with E-state index in [1.807, 2.05) is 0 Å². The van der Waals surface area contributed by atoms with E-state index in [1.54, 1.807) is 13.8 Å². The Morgan fingerprint density at radius 3 is 2.67 bits per heavy atom. The third-order valence-corrected chi connectivity index (χ3v) is 2.88. The van der Waals surface area contributed by atoms with Gasteiger partial charge in [0.1, 0.15) is 5.82 Å². The topological polar surface area (TPSA) is 75.6 Å². The van der Waals surface area contributed by atoms with Gasteiger partial charge in [-0.3, -0.25) is 4.79 Å². The standard InChI is InChI=1S/C15H18FNO4/c1-15(2,21-3)9-17-14(20)11-8-10(4-6-12(11)16)5-7-13(18)19/h4-8H,9H2,1-3H3,(H,17,20)(H,18,19)/b7-5+. The first-order valence-corrected chi connectivity index (χ1v) is 6.29. The van der Waals surface area contributed by atoms with Gasteiger partial charge in [-0.15, -0.1) is 0 Å². The molecule has 0 radical (unpaired) electrons. The maximum Gasteiger partial charge on any atom is 0.328 e. The molecular weight excluding hydrogens is 277 g/mol. The van der Waals surface area contributed by atoms with Gasteiger partial charge >= 0.3 is 5.97 Å². The highest BCUT2D eigenvalue weighted by molar-refractivity contribution is 5.95. The molecule has 6 heteroatoms. The lowest BCUT2D eigenvalue weighted by atomic mass is 10.1. The molecule has 0 unspecified atom stereocenters. The van der Waals surface area contributed by atoms with E-state index >= 15 is 0 Å². The fraction of sp³-hybridized carbons (Fsp3) is 0.333. The van der Waals surface area contributed by atoms with Crippen molar-refractivity contribution in [1.29, 1.82) is 0 Å². The number of carboxylic acids is 1. The van der Waals surface area contributed by atoms with Crippen LogP contribution in [0.4, 0.5) is 4.39 Å². The number of carbonyl (C=O) groups is 2. The maximum atomic E-state index is 13.7. The van der Waals surface area contributed by atoms with E-state index in [4.69, 9.17) is 9.84 Å². The molecule has 0 spiro atoms. The van der Waals surface area contributed by atoms with Crippen LogP contribution < -0.4 is 5.32 Å². The van der Waals surface area contributed by atoms with Crippen LogP contribution in [0.2, 0.25) is 0 Å². The largest absolute Gasteiger partial charge is 0.478 e. The van der Waals surface area contributed by atoms with Gasteiger partial charge in [0.05, 0.1) is 11.2 Å². The monoisotopic (exact) mass is 295 g/mol. The van der Waals surface area contributed by atoms with Crippen LogP contribution in [-0.4, -0.2) is 36.2 Å². The number of methoxy groups -OCH3 is 1. The number of carboxylic acid groups (broad SMARTS) is 1. The molecule has 0 aliphatic carbocycles. The Morgan fingerprint density at radius 2 is 2.10 bits per heavy atom. The number of benzene rings is 1. The molecule has 0 aliphatic heterocycles. The Labute approximate surface area is 122 Å². The van der Waals surface area contributed by atoms with Crippen LogP contribution in [0.15, 0.2) is 24.3 Å². The van der Waals surface area contributed by atoms with Gasteiger partial charge in [0.2, 0.25) is 0 Å². The molecule has 114 valence electrons. The summed E-state index contributed by atoms with van der Waals surface area (Å²) in [5, 5.41) is 11.1. The molecule has 0 heterocycles. The second kappa shape index (κ2) is 6.99. The molecular formula is C15H18FNO4. The zero-order valence-corrected chi connectivity index (χ0v) is 12.1. The number of halogens is 1. The van der Waals surface area contributed by atoms with Gasteiger partial charge in [0.15, 0.2) is 0 Å². The number of rotatable bonds is 6. The van der Waals surface area contributed by atoms with E-state index in [0.717, 1.165) is 12.1 Å². The third-order valence-electron chi connectivity index (χ3n) is 2.88. The van der Waals surface area contributed by atoms with E-state index in [0.29, 0.717) is 5.56 Å². The molecule has 0 aliphatic rings. The number of aliphatic carboxylic acids is 1. The Hall–Kier alpha value is -2.21. The fourth-order valence-electron chi connectivity index (χ4n) is 1.45. The van der Waals surface area contributed by atoms with Crippen molar-refractivity contribution in [2.45, 2.75) is 19.4 Å². The Morgan fingerprint density at radius 1 is 1.43 bits per heavy atom. The van der Waals surface area contributed by atoms with Crippen molar-refractivity contribution in [1.82, 2.24) is 5.32 Å². The smallest absolute Gasteiger partial charge is 0.328 e. The van der Waals surface area contributed by atoms with Gasteiger partial charge in [-0.05, 0) is 37.6 Å². The molecule has 0 bridgehead atoms. The molecule has 0 atom stereocenters. The highest BCUT2D eigenvalue weighted by Crippen LogP contribution is 2.13. The Bertz CT molecular complexity index is 567. The molecule has 0 fully saturated rings. The van der Waals surface area contributed by atoms with Crippen molar-refractivity contribution in [3.63, 3.8) is 0 Å². The van der Waals surface area contributed by atoms with Gasteiger partial charge < -0.3 is 15.2 Å². The molecule has 1 aromatic rings. The van der Waals surface area contributed by atoms with Gasteiger partial charge in [-0.25, -0.2) is 9.18 Å². The lowest BCUT2D eigenvalue weighted by Crippen LogP contribution is -2.40. The van der Waals surface area contributed by atoms with Crippen molar-refractivity contribution < 1.29 is 23.8 Å². The van der Waals surface area contributed by atoms with Crippen molar-refractivity contribution in [2.75, 3.05) is 13.7 Å². The van der Waals surface area contributed by atoms with E-state index in [-0.39, 0.29) is 12.1 Å². The van der Waals surface area contributed by atoms with Crippen molar-refractivity contribution in [2.24, 2.45) is 0 Å². The molecule has 2 N–H and O–H groups in total. The van der Waals surface area contributed by atoms with Crippen LogP contribution in [0.5, 0.6) is 0 Å². The maximum absolute atomic E-state index is 13.7. The molecule has 1 aromatic carbocycles. The summed E-state index contributed by atoms with van der Waals surface area (Å²) in [6.07, 6.45) is 2.21. The average Bonchev–Trinajstić information content (AvgIpc) is 2.44. The first-order valence-electron chi connectivity index (χ1n) is 6.29. The summed E-state index contributed by atoms with van der Waals surface area (Å²) >= 11 is 0. The zero-order chi connectivity index (χ0) is 16.0. The predicted octanol–water partition coefficient (Wildman–Crippen LogP) is 2.08. The van der Waals surface area contributed by atoms with Gasteiger partial charge in [-0.2, -0.15) is 0 Å². The lowest BCUT2D eigenvalue weighted by Gasteiger charge is -2.23. The summed E-state index contributed by atoms with van der Waals surface area (Å²) in [6.45, 7) is 3.79. The lowest BCUT2D eigenvalue weighted by molar-refractivity contribution is -0.131. The number of nitrogens with one attached hydrogen (secondary N) is 1. The fourth-order valence-corrected chi connectivity index (χ4v) is 1.45. The minimum atomic E-state index is -1.12. The average molecular weight is 295 g/mol. The summed E-state index contributed by atoms with van der Waals surface area (Å²) in [6, 6.07) is 3.81. The van der Waals surface area contributed by atoms with Crippen LogP contribution in [0.25, 0.3) is 6.08 Å². The SMILES string of the molecule is COC(C)(C)CNC(=O)c1cc(/C=C/C(=O)O)ccc1F. The van der Waals surface area contributed by atoms with Crippen LogP contribution in [0.3, 0.4) is 0 Å². The van der Waals surface area contributed by atoms with Gasteiger partial charge in [0, 0.05) is 19.7 Å². The van der Waals surface area contributed by atoms with Crippen LogP contribution in [0.1, 0.15) is 29.8 Å². The summed E-state index contributed by atoms with van der Waals surface area (Å²) in [7, 11) is 1.52. The van der Waals surface area contributed by atoms with E-state index in [2.05, 4.69) is 5.32 Å². The molecule has 1 rings (SSSR count). The highest BCUT2D eigenvalue weighted by atomic mass is 19.1. The van der Waals surface area contributed by atoms with E-state index in [1.165, 1.54) is 25.3 Å². The summed E-state index contributed by atoms with van der Waals surface area (Å²) in [5.74, 6) is -2.37. The van der Waals surface area contributed by atoms with Gasteiger partial charge in [-0.1, -0.05) is 6.07 Å². The number of amides is 1. The number of ether oxygens (including phenoxy) is 1. The van der Waals surface area contributed by atoms with Gasteiger partial charge in [0.25, 0.3) is 5.91 Å². The predicted molar refractivity (Wildman–Crippen MR) is 76.5 cm³/mol. The van der Waals surface area contributed by atoms with Crippen molar-refractivity contribution in [3.8, 4) is 0 Å². The second-order valence-corrected chi connectivity index (χ2v) is 5.06. The summed E-state index contributed by atoms with van der Waals surface area (Å²) < 4.78 is 18.8. The molecule has 5 nitrogen and oxygen atoms in total. The number of hydrogen-bond donors (Lipinski definition) is 2.